The topological polar surface area (TPSA) is 74.6 Å². The van der Waals surface area contributed by atoms with E-state index < -0.39 is 11.8 Å². The molecule has 0 aliphatic heterocycles. The Bertz CT molecular complexity index is 701. The third-order valence-corrected chi connectivity index (χ3v) is 3.00. The van der Waals surface area contributed by atoms with E-state index in [1.54, 1.807) is 6.92 Å². The fourth-order valence-electron chi connectivity index (χ4n) is 1.66. The lowest BCUT2D eigenvalue weighted by atomic mass is 10.3. The zero-order chi connectivity index (χ0) is 16.1. The summed E-state index contributed by atoms with van der Waals surface area (Å²) < 4.78 is 23.6. The number of esters is 1. The number of rotatable bonds is 5. The minimum absolute atomic E-state index is 0. The molecule has 0 aliphatic carbocycles. The molecule has 9 heteroatoms. The van der Waals surface area contributed by atoms with Crippen LogP contribution >= 0.6 is 11.6 Å². The standard InChI is InChI=1S/C14H13ClFN3O3.ClH/c1-3-22-13(20)9-7-17-14(19-12(9)15)18-11-6-8(21-2)4-5-10(11)16;/h4-7H,3H2,1-2H3,(H,17,18,19);1H. The van der Waals surface area contributed by atoms with Crippen LogP contribution in [0, 0.1) is 5.82 Å². The highest BCUT2D eigenvalue weighted by Gasteiger charge is 2.20. The maximum absolute atomic E-state index is 13.7. The average molecular weight is 362 g/mol. The zero-order valence-electron chi connectivity index (χ0n) is 12.3. The second-order valence-electron chi connectivity index (χ2n) is 4.14. The Morgan fingerprint density at radius 2 is 2.22 bits per heavy atom. The van der Waals surface area contributed by atoms with Crippen molar-refractivity contribution in [2.24, 2.45) is 0 Å². The number of benzene rings is 1. The molecule has 0 radical (unpaired) electrons. The summed E-state index contributed by atoms with van der Waals surface area (Å²) >= 11 is 5.93. The van der Waals surface area contributed by atoms with Crippen LogP contribution in [0.2, 0.25) is 5.15 Å². The Kier molecular flexibility index (Phi) is 6.99. The minimum atomic E-state index is -0.588. The molecule has 23 heavy (non-hydrogen) atoms. The molecular weight excluding hydrogens is 348 g/mol. The number of hydrogen-bond donors (Lipinski definition) is 1. The molecule has 2 rings (SSSR count). The summed E-state index contributed by atoms with van der Waals surface area (Å²) in [5.74, 6) is -0.416. The van der Waals surface area contributed by atoms with Gasteiger partial charge < -0.3 is 21.9 Å². The second-order valence-corrected chi connectivity index (χ2v) is 4.50. The molecule has 1 aromatic carbocycles. The van der Waals surface area contributed by atoms with Gasteiger partial charge in [0.25, 0.3) is 0 Å². The normalized spacial score (nSPS) is 9.74. The van der Waals surface area contributed by atoms with E-state index in [1.807, 2.05) is 0 Å². The van der Waals surface area contributed by atoms with Gasteiger partial charge in [0, 0.05) is 6.07 Å². The number of halogens is 3. The maximum Gasteiger partial charge on any atom is 0.395 e. The highest BCUT2D eigenvalue weighted by atomic mass is 35.5. The van der Waals surface area contributed by atoms with E-state index >= 15 is 0 Å². The Balaban J connectivity index is 0.00000264. The van der Waals surface area contributed by atoms with E-state index in [4.69, 9.17) is 21.1 Å². The van der Waals surface area contributed by atoms with Crippen LogP contribution in [0.1, 0.15) is 17.3 Å². The lowest BCUT2D eigenvalue weighted by Gasteiger charge is -2.04. The van der Waals surface area contributed by atoms with Gasteiger partial charge in [-0.2, -0.15) is 0 Å². The Hall–Kier alpha value is -2.12. The molecule has 0 bridgehead atoms. The largest absolute Gasteiger partial charge is 1.00 e. The van der Waals surface area contributed by atoms with Crippen LogP contribution in [-0.2, 0) is 4.74 Å². The van der Waals surface area contributed by atoms with Crippen molar-refractivity contribution in [1.82, 2.24) is 4.98 Å². The van der Waals surface area contributed by atoms with Crippen molar-refractivity contribution in [2.45, 2.75) is 6.92 Å². The molecule has 1 aromatic heterocycles. The summed E-state index contributed by atoms with van der Waals surface area (Å²) in [5, 5.41) is 2.67. The van der Waals surface area contributed by atoms with E-state index in [0.29, 0.717) is 5.75 Å². The van der Waals surface area contributed by atoms with Crippen molar-refractivity contribution < 1.29 is 36.0 Å². The summed E-state index contributed by atoms with van der Waals surface area (Å²) in [6, 6.07) is 4.22. The Labute approximate surface area is 143 Å². The highest BCUT2D eigenvalue weighted by molar-refractivity contribution is 6.32. The molecule has 0 spiro atoms. The third kappa shape index (κ3) is 4.67. The van der Waals surface area contributed by atoms with Crippen LogP contribution in [-0.4, -0.2) is 24.7 Å². The Morgan fingerprint density at radius 3 is 2.83 bits per heavy atom. The van der Waals surface area contributed by atoms with Crippen molar-refractivity contribution in [3.05, 3.63) is 40.9 Å². The lowest BCUT2D eigenvalue weighted by molar-refractivity contribution is -0.365. The van der Waals surface area contributed by atoms with Gasteiger partial charge in [-0.1, -0.05) is 4.98 Å². The summed E-state index contributed by atoms with van der Waals surface area (Å²) in [5.41, 5.74) is 0.253. The highest BCUT2D eigenvalue weighted by Crippen LogP contribution is 2.23. The molecule has 0 saturated heterocycles. The SMILES string of the molecule is CCOC(=O)c1c[nH+]c(Nc2cc(OC)ccc2F)nc1Cl.[Cl-]. The first kappa shape index (κ1) is 18.9. The van der Waals surface area contributed by atoms with Crippen molar-refractivity contribution in [2.75, 3.05) is 19.0 Å². The number of anilines is 2. The van der Waals surface area contributed by atoms with Crippen LogP contribution in [0.5, 0.6) is 5.75 Å². The van der Waals surface area contributed by atoms with Gasteiger partial charge in [0.05, 0.1) is 19.9 Å². The van der Waals surface area contributed by atoms with E-state index in [1.165, 1.54) is 31.5 Å². The van der Waals surface area contributed by atoms with Gasteiger partial charge in [0.2, 0.25) is 5.15 Å². The number of ether oxygens (including phenoxy) is 2. The van der Waals surface area contributed by atoms with E-state index in [2.05, 4.69) is 15.3 Å². The fourth-order valence-corrected chi connectivity index (χ4v) is 1.88. The maximum atomic E-state index is 13.7. The van der Waals surface area contributed by atoms with Gasteiger partial charge >= 0.3 is 11.9 Å². The average Bonchev–Trinajstić information content (AvgIpc) is 2.50. The first-order chi connectivity index (χ1) is 10.5. The molecule has 0 unspecified atom stereocenters. The summed E-state index contributed by atoms with van der Waals surface area (Å²) in [7, 11) is 1.48. The van der Waals surface area contributed by atoms with E-state index in [-0.39, 0.29) is 41.4 Å². The summed E-state index contributed by atoms with van der Waals surface area (Å²) in [6.45, 7) is 1.91. The van der Waals surface area contributed by atoms with Gasteiger partial charge in [-0.05, 0) is 30.7 Å². The van der Waals surface area contributed by atoms with Crippen LogP contribution in [0.15, 0.2) is 24.4 Å². The second kappa shape index (κ2) is 8.50. The molecule has 2 aromatic rings. The number of carbonyl (C=O) groups excluding carboxylic acids is 1. The molecule has 1 heterocycles. The van der Waals surface area contributed by atoms with Gasteiger partial charge in [-0.15, -0.1) is 0 Å². The summed E-state index contributed by atoms with van der Waals surface area (Å²) in [6.07, 6.45) is 1.34. The predicted molar refractivity (Wildman–Crippen MR) is 78.0 cm³/mol. The van der Waals surface area contributed by atoms with Crippen molar-refractivity contribution in [1.29, 1.82) is 0 Å². The van der Waals surface area contributed by atoms with Crippen molar-refractivity contribution in [3.8, 4) is 5.75 Å². The predicted octanol–water partition coefficient (Wildman–Crippen LogP) is -0.379. The van der Waals surface area contributed by atoms with Gasteiger partial charge in [-0.3, -0.25) is 0 Å². The number of nitrogens with zero attached hydrogens (tertiary/aromatic N) is 1. The molecule has 0 saturated carbocycles. The molecule has 124 valence electrons. The van der Waals surface area contributed by atoms with Crippen molar-refractivity contribution in [3.63, 3.8) is 0 Å². The number of methoxy groups -OCH3 is 1. The molecular formula is C14H14Cl2FN3O3. The first-order valence-electron chi connectivity index (χ1n) is 6.41. The minimum Gasteiger partial charge on any atom is -1.00 e. The lowest BCUT2D eigenvalue weighted by Crippen LogP contribution is -3.00. The fraction of sp³-hybridized carbons (Fsp3) is 0.214. The summed E-state index contributed by atoms with van der Waals surface area (Å²) in [4.78, 5) is 18.3. The quantitative estimate of drug-likeness (QED) is 0.580. The smallest absolute Gasteiger partial charge is 0.395 e. The number of aromatic nitrogens is 2. The Morgan fingerprint density at radius 1 is 1.48 bits per heavy atom. The number of aromatic amines is 1. The van der Waals surface area contributed by atoms with Gasteiger partial charge in [-0.25, -0.2) is 19.5 Å². The molecule has 0 aliphatic rings. The monoisotopic (exact) mass is 361 g/mol. The molecule has 0 fully saturated rings. The number of carbonyl (C=O) groups is 1. The number of nitrogens with one attached hydrogen (secondary N) is 2. The van der Waals surface area contributed by atoms with E-state index in [9.17, 15) is 9.18 Å². The zero-order valence-corrected chi connectivity index (χ0v) is 13.8. The molecule has 0 atom stereocenters. The van der Waals surface area contributed by atoms with Crippen LogP contribution in [0.4, 0.5) is 16.0 Å². The molecule has 2 N–H and O–H groups in total. The molecule has 6 nitrogen and oxygen atoms in total. The van der Waals surface area contributed by atoms with Crippen LogP contribution < -0.4 is 27.4 Å². The van der Waals surface area contributed by atoms with Gasteiger partial charge in [0.1, 0.15) is 17.0 Å². The van der Waals surface area contributed by atoms with E-state index in [0.717, 1.165) is 0 Å². The van der Waals surface area contributed by atoms with Crippen molar-refractivity contribution >= 4 is 29.2 Å². The third-order valence-electron chi connectivity index (χ3n) is 2.71. The van der Waals surface area contributed by atoms with Crippen LogP contribution in [0.25, 0.3) is 0 Å². The van der Waals surface area contributed by atoms with Gasteiger partial charge in [0.15, 0.2) is 5.82 Å². The first-order valence-corrected chi connectivity index (χ1v) is 6.78. The number of hydrogen-bond acceptors (Lipinski definition) is 5. The van der Waals surface area contributed by atoms with Crippen LogP contribution in [0.3, 0.4) is 0 Å². The number of H-pyrrole nitrogens is 1. The molecule has 0 amide bonds.